The summed E-state index contributed by atoms with van der Waals surface area (Å²) in [7, 11) is 1.38. The van der Waals surface area contributed by atoms with Crippen LogP contribution in [0.15, 0.2) is 78.4 Å². The van der Waals surface area contributed by atoms with Crippen LogP contribution < -0.4 is 5.32 Å². The molecule has 8 heteroatoms. The molecular weight excluding hydrogens is 525 g/mol. The topological polar surface area (TPSA) is 92.7 Å². The van der Waals surface area contributed by atoms with Gasteiger partial charge in [0.25, 0.3) is 0 Å². The maximum atomic E-state index is 13.3. The third-order valence-electron chi connectivity index (χ3n) is 7.34. The Labute approximate surface area is 232 Å². The van der Waals surface area contributed by atoms with Crippen molar-refractivity contribution >= 4 is 51.8 Å². The van der Waals surface area contributed by atoms with Gasteiger partial charge in [-0.2, -0.15) is 0 Å². The Morgan fingerprint density at radius 2 is 1.76 bits per heavy atom. The first-order chi connectivity index (χ1) is 18.1. The summed E-state index contributed by atoms with van der Waals surface area (Å²) in [6.45, 7) is 2.03. The first-order valence-corrected chi connectivity index (χ1v) is 13.1. The quantitative estimate of drug-likeness (QED) is 0.285. The third-order valence-corrected chi connectivity index (χ3v) is 7.94. The average Bonchev–Trinajstić information content (AvgIpc) is 2.89. The largest absolute Gasteiger partial charge is 0.478 e. The van der Waals surface area contributed by atoms with Crippen LogP contribution >= 0.6 is 23.2 Å². The van der Waals surface area contributed by atoms with Gasteiger partial charge in [0.15, 0.2) is 0 Å². The van der Waals surface area contributed by atoms with Gasteiger partial charge in [0.05, 0.1) is 18.1 Å². The molecule has 0 saturated heterocycles. The van der Waals surface area contributed by atoms with Crippen LogP contribution in [0.4, 0.5) is 5.69 Å². The van der Waals surface area contributed by atoms with E-state index in [0.29, 0.717) is 34.1 Å². The van der Waals surface area contributed by atoms with Crippen LogP contribution in [0, 0.1) is 23.2 Å². The van der Waals surface area contributed by atoms with Crippen molar-refractivity contribution in [2.45, 2.75) is 26.2 Å². The lowest BCUT2D eigenvalue weighted by Crippen LogP contribution is -2.48. The lowest BCUT2D eigenvalue weighted by Gasteiger charge is -2.47. The minimum absolute atomic E-state index is 0.0420. The molecular formula is C30H29Cl2NO5. The number of amides is 1. The molecule has 0 spiro atoms. The molecule has 0 aromatic heterocycles. The van der Waals surface area contributed by atoms with Crippen molar-refractivity contribution in [2.75, 3.05) is 12.4 Å². The van der Waals surface area contributed by atoms with E-state index in [1.165, 1.54) is 19.2 Å². The van der Waals surface area contributed by atoms with Gasteiger partial charge in [-0.25, -0.2) is 4.79 Å². The fourth-order valence-corrected chi connectivity index (χ4v) is 5.89. The van der Waals surface area contributed by atoms with E-state index in [9.17, 15) is 19.5 Å². The number of hydrogen-bond acceptors (Lipinski definition) is 4. The number of ether oxygens (including phenoxy) is 1. The second-order valence-corrected chi connectivity index (χ2v) is 10.7. The molecule has 0 radical (unpaired) electrons. The van der Waals surface area contributed by atoms with E-state index in [0.717, 1.165) is 5.57 Å². The second kappa shape index (κ2) is 11.6. The molecule has 0 aliphatic heterocycles. The number of carboxylic acids is 1. The second-order valence-electron chi connectivity index (χ2n) is 9.88. The molecule has 1 amide bonds. The highest BCUT2D eigenvalue weighted by Gasteiger charge is 2.53. The predicted octanol–water partition coefficient (Wildman–Crippen LogP) is 6.96. The molecule has 38 heavy (non-hydrogen) atoms. The van der Waals surface area contributed by atoms with E-state index in [1.807, 2.05) is 31.2 Å². The number of carbonyl (C=O) groups excluding carboxylic acids is 2. The Bertz CT molecular complexity index is 1310. The molecule has 198 valence electrons. The molecule has 4 atom stereocenters. The third kappa shape index (κ3) is 5.87. The van der Waals surface area contributed by atoms with Gasteiger partial charge in [-0.15, -0.1) is 0 Å². The van der Waals surface area contributed by atoms with Crippen LogP contribution in [0.2, 0.25) is 5.02 Å². The number of hydrogen-bond donors (Lipinski definition) is 2. The minimum Gasteiger partial charge on any atom is -0.478 e. The molecule has 6 nitrogen and oxygen atoms in total. The number of carbonyl (C=O) groups is 3. The molecule has 0 unspecified atom stereocenters. The summed E-state index contributed by atoms with van der Waals surface area (Å²) >= 11 is 12.6. The van der Waals surface area contributed by atoms with Crippen molar-refractivity contribution in [3.8, 4) is 0 Å². The van der Waals surface area contributed by atoms with Gasteiger partial charge >= 0.3 is 11.9 Å². The first kappa shape index (κ1) is 27.7. The summed E-state index contributed by atoms with van der Waals surface area (Å²) in [5.41, 5.74) is 1.66. The summed E-state index contributed by atoms with van der Waals surface area (Å²) in [5.74, 6) is -1.98. The maximum Gasteiger partial charge on any atom is 0.335 e. The summed E-state index contributed by atoms with van der Waals surface area (Å²) < 4.78 is 5.30. The number of methoxy groups -OCH3 is 1. The molecule has 2 aliphatic carbocycles. The van der Waals surface area contributed by atoms with Crippen molar-refractivity contribution in [3.63, 3.8) is 0 Å². The molecule has 2 aromatic carbocycles. The first-order valence-electron chi connectivity index (χ1n) is 12.3. The van der Waals surface area contributed by atoms with Crippen molar-refractivity contribution < 1.29 is 24.2 Å². The number of nitrogens with one attached hydrogen (secondary N) is 1. The summed E-state index contributed by atoms with van der Waals surface area (Å²) in [5, 5.41) is 13.1. The summed E-state index contributed by atoms with van der Waals surface area (Å²) in [6.07, 6.45) is 9.34. The smallest absolute Gasteiger partial charge is 0.335 e. The van der Waals surface area contributed by atoms with Crippen LogP contribution in [-0.2, 0) is 14.3 Å². The van der Waals surface area contributed by atoms with E-state index >= 15 is 0 Å². The number of fused-ring (bicyclic) bond motifs is 1. The summed E-state index contributed by atoms with van der Waals surface area (Å²) in [6, 6.07) is 13.2. The van der Waals surface area contributed by atoms with Crippen molar-refractivity contribution in [3.05, 3.63) is 94.6 Å². The zero-order chi connectivity index (χ0) is 27.4. The zero-order valence-corrected chi connectivity index (χ0v) is 22.6. The van der Waals surface area contributed by atoms with Crippen molar-refractivity contribution in [1.82, 2.24) is 0 Å². The Hall–Kier alpha value is -3.35. The number of benzene rings is 2. The van der Waals surface area contributed by atoms with Crippen LogP contribution in [0.1, 0.15) is 42.1 Å². The molecule has 0 saturated carbocycles. The number of carboxylic acid groups (broad SMARTS) is 1. The molecule has 2 aromatic rings. The Morgan fingerprint density at radius 3 is 2.39 bits per heavy atom. The molecule has 4 rings (SSSR count). The van der Waals surface area contributed by atoms with Crippen LogP contribution in [0.5, 0.6) is 0 Å². The summed E-state index contributed by atoms with van der Waals surface area (Å²) in [4.78, 5) is 37.3. The SMILES string of the molecule is COC(=O)[C@@]12C=C[C@@H](CC(=O)Nc3ccc(Cl)cc3)C[C@@H]1CC(C)=C[C@H]2/C=C(\Cl)c1ccc(C(=O)O)cc1. The lowest BCUT2D eigenvalue weighted by atomic mass is 9.56. The number of anilines is 1. The minimum atomic E-state index is -1.02. The van der Waals surface area contributed by atoms with E-state index in [-0.39, 0.29) is 41.6 Å². The predicted molar refractivity (Wildman–Crippen MR) is 149 cm³/mol. The van der Waals surface area contributed by atoms with Gasteiger partial charge in [-0.3, -0.25) is 9.59 Å². The van der Waals surface area contributed by atoms with E-state index in [4.69, 9.17) is 27.9 Å². The number of esters is 1. The van der Waals surface area contributed by atoms with E-state index in [2.05, 4.69) is 5.32 Å². The fraction of sp³-hybridized carbons (Fsp3) is 0.300. The normalized spacial score (nSPS) is 24.7. The Balaban J connectivity index is 1.60. The maximum absolute atomic E-state index is 13.3. The molecule has 0 fully saturated rings. The van der Waals surface area contributed by atoms with Gasteiger partial charge in [-0.1, -0.05) is 65.2 Å². The van der Waals surface area contributed by atoms with Gasteiger partial charge in [0.1, 0.15) is 0 Å². The van der Waals surface area contributed by atoms with Gasteiger partial charge in [-0.05, 0) is 73.6 Å². The van der Waals surface area contributed by atoms with Crippen LogP contribution in [-0.4, -0.2) is 30.1 Å². The molecule has 0 bridgehead atoms. The van der Waals surface area contributed by atoms with Gasteiger partial charge < -0.3 is 15.2 Å². The highest BCUT2D eigenvalue weighted by Crippen LogP contribution is 2.53. The standard InChI is InChI=1S/C30H29Cl2NO5/c1-18-13-22-15-19(16-27(34)33-25-9-7-24(31)8-10-25)11-12-30(22,29(37)38-2)23(14-18)17-26(32)20-3-5-21(6-4-20)28(35)36/h3-12,14,17,19,22-23H,13,15-16H2,1-2H3,(H,33,34)(H,35,36)/b26-17-/t19-,22+,23+,30+/m1/s1. The van der Waals surface area contributed by atoms with E-state index in [1.54, 1.807) is 36.4 Å². The number of aromatic carboxylic acids is 1. The van der Waals surface area contributed by atoms with Crippen molar-refractivity contribution in [1.29, 1.82) is 0 Å². The highest BCUT2D eigenvalue weighted by molar-refractivity contribution is 6.48. The van der Waals surface area contributed by atoms with Crippen LogP contribution in [0.3, 0.4) is 0 Å². The number of halogens is 2. The zero-order valence-electron chi connectivity index (χ0n) is 21.1. The molecule has 0 heterocycles. The highest BCUT2D eigenvalue weighted by atomic mass is 35.5. The average molecular weight is 554 g/mol. The van der Waals surface area contributed by atoms with Crippen molar-refractivity contribution in [2.24, 2.45) is 23.2 Å². The molecule has 2 N–H and O–H groups in total. The Kier molecular flexibility index (Phi) is 8.44. The fourth-order valence-electron chi connectivity index (χ4n) is 5.50. The van der Waals surface area contributed by atoms with Crippen LogP contribution in [0.25, 0.3) is 5.03 Å². The van der Waals surface area contributed by atoms with Gasteiger partial charge in [0, 0.05) is 28.1 Å². The molecule has 2 aliphatic rings. The number of allylic oxidation sites excluding steroid dienone is 4. The monoisotopic (exact) mass is 553 g/mol. The Morgan fingerprint density at radius 1 is 1.11 bits per heavy atom. The number of rotatable bonds is 7. The lowest BCUT2D eigenvalue weighted by molar-refractivity contribution is -0.155. The van der Waals surface area contributed by atoms with Gasteiger partial charge in [0.2, 0.25) is 5.91 Å². The van der Waals surface area contributed by atoms with E-state index < -0.39 is 11.4 Å².